The van der Waals surface area contributed by atoms with Crippen LogP contribution < -0.4 is 5.32 Å². The Bertz CT molecular complexity index is 313. The van der Waals surface area contributed by atoms with Gasteiger partial charge in [-0.2, -0.15) is 0 Å². The van der Waals surface area contributed by atoms with Crippen molar-refractivity contribution >= 4 is 27.3 Å². The van der Waals surface area contributed by atoms with E-state index in [0.717, 1.165) is 23.9 Å². The normalized spacial score (nSPS) is 12.4. The molecule has 1 atom stereocenters. The second-order valence-corrected chi connectivity index (χ2v) is 5.03. The van der Waals surface area contributed by atoms with Gasteiger partial charge in [-0.25, -0.2) is 0 Å². The third-order valence-corrected chi connectivity index (χ3v) is 3.62. The number of terminal acetylenes is 1. The van der Waals surface area contributed by atoms with E-state index < -0.39 is 0 Å². The minimum absolute atomic E-state index is 0.209. The van der Waals surface area contributed by atoms with Crippen molar-refractivity contribution in [2.45, 2.75) is 32.4 Å². The van der Waals surface area contributed by atoms with Crippen molar-refractivity contribution in [1.82, 2.24) is 5.32 Å². The van der Waals surface area contributed by atoms with Crippen molar-refractivity contribution in [2.75, 3.05) is 0 Å². The standard InChI is InChI=1S/C11H14BrNS/c1-3-5-10(4-2)13-7-11-6-9(12)8-14-11/h2,6,8,10,13H,3,5,7H2,1H3. The fourth-order valence-corrected chi connectivity index (χ4v) is 2.61. The van der Waals surface area contributed by atoms with Gasteiger partial charge in [0.05, 0.1) is 6.04 Å². The third-order valence-electron chi connectivity index (χ3n) is 1.92. The Hall–Kier alpha value is -0.300. The minimum Gasteiger partial charge on any atom is -0.299 e. The zero-order valence-electron chi connectivity index (χ0n) is 8.22. The van der Waals surface area contributed by atoms with Gasteiger partial charge in [-0.1, -0.05) is 19.3 Å². The molecule has 1 heterocycles. The van der Waals surface area contributed by atoms with Crippen molar-refractivity contribution in [1.29, 1.82) is 0 Å². The van der Waals surface area contributed by atoms with Crippen LogP contribution in [0.15, 0.2) is 15.9 Å². The Morgan fingerprint density at radius 3 is 3.00 bits per heavy atom. The second-order valence-electron chi connectivity index (χ2n) is 3.12. The maximum absolute atomic E-state index is 5.41. The van der Waals surface area contributed by atoms with Gasteiger partial charge >= 0.3 is 0 Å². The molecular weight excluding hydrogens is 258 g/mol. The Labute approximate surface area is 98.0 Å². The van der Waals surface area contributed by atoms with E-state index in [1.807, 2.05) is 0 Å². The number of thiophene rings is 1. The SMILES string of the molecule is C#CC(CCC)NCc1cc(Br)cs1. The molecule has 0 bridgehead atoms. The predicted octanol–water partition coefficient (Wildman–Crippen LogP) is 3.40. The molecule has 76 valence electrons. The van der Waals surface area contributed by atoms with E-state index in [0.29, 0.717) is 0 Å². The van der Waals surface area contributed by atoms with Crippen molar-refractivity contribution in [3.05, 3.63) is 20.8 Å². The molecule has 0 aliphatic heterocycles. The summed E-state index contributed by atoms with van der Waals surface area (Å²) in [5.74, 6) is 2.76. The Morgan fingerprint density at radius 2 is 2.50 bits per heavy atom. The van der Waals surface area contributed by atoms with E-state index in [9.17, 15) is 0 Å². The molecule has 14 heavy (non-hydrogen) atoms. The summed E-state index contributed by atoms with van der Waals surface area (Å²) in [4.78, 5) is 1.31. The summed E-state index contributed by atoms with van der Waals surface area (Å²) < 4.78 is 1.15. The Balaban J connectivity index is 2.36. The van der Waals surface area contributed by atoms with Gasteiger partial charge in [0.1, 0.15) is 0 Å². The molecule has 0 aromatic carbocycles. The summed E-state index contributed by atoms with van der Waals surface area (Å²) in [6.45, 7) is 3.01. The minimum atomic E-state index is 0.209. The summed E-state index contributed by atoms with van der Waals surface area (Å²) in [6.07, 6.45) is 7.58. The van der Waals surface area contributed by atoms with Gasteiger partial charge in [-0.15, -0.1) is 17.8 Å². The van der Waals surface area contributed by atoms with Crippen LogP contribution >= 0.6 is 27.3 Å². The van der Waals surface area contributed by atoms with Crippen LogP contribution in [-0.2, 0) is 6.54 Å². The smallest absolute Gasteiger partial charge is 0.0689 e. The first-order chi connectivity index (χ1) is 6.76. The van der Waals surface area contributed by atoms with Gasteiger partial charge in [0.15, 0.2) is 0 Å². The van der Waals surface area contributed by atoms with Gasteiger partial charge in [0.2, 0.25) is 0 Å². The molecule has 0 fully saturated rings. The molecule has 1 rings (SSSR count). The van der Waals surface area contributed by atoms with Gasteiger partial charge in [-0.3, -0.25) is 5.32 Å². The first-order valence-corrected chi connectivity index (χ1v) is 6.36. The van der Waals surface area contributed by atoms with Crippen LogP contribution in [0.5, 0.6) is 0 Å². The maximum Gasteiger partial charge on any atom is 0.0689 e. The molecule has 0 saturated carbocycles. The largest absolute Gasteiger partial charge is 0.299 e. The third kappa shape index (κ3) is 3.83. The lowest BCUT2D eigenvalue weighted by molar-refractivity contribution is 0.566. The number of nitrogens with one attached hydrogen (secondary N) is 1. The summed E-state index contributed by atoms with van der Waals surface area (Å²) >= 11 is 5.17. The number of hydrogen-bond donors (Lipinski definition) is 1. The van der Waals surface area contributed by atoms with E-state index in [4.69, 9.17) is 6.42 Å². The summed E-state index contributed by atoms with van der Waals surface area (Å²) in [6, 6.07) is 2.33. The quantitative estimate of drug-likeness (QED) is 0.810. The fourth-order valence-electron chi connectivity index (χ4n) is 1.20. The lowest BCUT2D eigenvalue weighted by Crippen LogP contribution is -2.26. The molecule has 0 spiro atoms. The maximum atomic E-state index is 5.41. The second kappa shape index (κ2) is 6.23. The molecule has 1 aromatic rings. The molecule has 1 aromatic heterocycles. The molecule has 0 saturated heterocycles. The number of hydrogen-bond acceptors (Lipinski definition) is 2. The topological polar surface area (TPSA) is 12.0 Å². The molecule has 0 aliphatic rings. The van der Waals surface area contributed by atoms with Crippen molar-refractivity contribution in [3.8, 4) is 12.3 Å². The zero-order chi connectivity index (χ0) is 10.4. The van der Waals surface area contributed by atoms with Crippen LogP contribution in [0, 0.1) is 12.3 Å². The zero-order valence-corrected chi connectivity index (χ0v) is 10.6. The Kier molecular flexibility index (Phi) is 5.24. The number of rotatable bonds is 5. The average molecular weight is 272 g/mol. The van der Waals surface area contributed by atoms with Crippen LogP contribution in [0.25, 0.3) is 0 Å². The van der Waals surface area contributed by atoms with Crippen molar-refractivity contribution in [3.63, 3.8) is 0 Å². The van der Waals surface area contributed by atoms with Gasteiger partial charge in [0.25, 0.3) is 0 Å². The lowest BCUT2D eigenvalue weighted by atomic mass is 10.2. The van der Waals surface area contributed by atoms with Crippen LogP contribution in [0.2, 0.25) is 0 Å². The average Bonchev–Trinajstić information content (AvgIpc) is 2.59. The van der Waals surface area contributed by atoms with Gasteiger partial charge in [0, 0.05) is 21.3 Å². The molecule has 0 aliphatic carbocycles. The predicted molar refractivity (Wildman–Crippen MR) is 66.4 cm³/mol. The van der Waals surface area contributed by atoms with E-state index in [1.165, 1.54) is 4.88 Å². The highest BCUT2D eigenvalue weighted by Crippen LogP contribution is 2.19. The number of halogens is 1. The van der Waals surface area contributed by atoms with E-state index in [-0.39, 0.29) is 6.04 Å². The van der Waals surface area contributed by atoms with E-state index >= 15 is 0 Å². The van der Waals surface area contributed by atoms with Crippen molar-refractivity contribution < 1.29 is 0 Å². The molecule has 1 unspecified atom stereocenters. The first kappa shape index (κ1) is 11.8. The summed E-state index contributed by atoms with van der Waals surface area (Å²) in [5.41, 5.74) is 0. The highest BCUT2D eigenvalue weighted by Gasteiger charge is 2.03. The van der Waals surface area contributed by atoms with Gasteiger partial charge in [-0.05, 0) is 28.4 Å². The lowest BCUT2D eigenvalue weighted by Gasteiger charge is -2.10. The van der Waals surface area contributed by atoms with Crippen LogP contribution in [0.3, 0.4) is 0 Å². The highest BCUT2D eigenvalue weighted by atomic mass is 79.9. The van der Waals surface area contributed by atoms with Crippen LogP contribution in [0.4, 0.5) is 0 Å². The van der Waals surface area contributed by atoms with Crippen LogP contribution in [-0.4, -0.2) is 6.04 Å². The van der Waals surface area contributed by atoms with E-state index in [2.05, 4.69) is 45.5 Å². The molecule has 0 amide bonds. The summed E-state index contributed by atoms with van der Waals surface area (Å²) in [5, 5.41) is 5.44. The van der Waals surface area contributed by atoms with Gasteiger partial charge < -0.3 is 0 Å². The van der Waals surface area contributed by atoms with Crippen LogP contribution in [0.1, 0.15) is 24.6 Å². The van der Waals surface area contributed by atoms with E-state index in [1.54, 1.807) is 11.3 Å². The molecule has 3 heteroatoms. The summed E-state index contributed by atoms with van der Waals surface area (Å²) in [7, 11) is 0. The molecule has 0 radical (unpaired) electrons. The first-order valence-electron chi connectivity index (χ1n) is 4.68. The molecule has 1 N–H and O–H groups in total. The highest BCUT2D eigenvalue weighted by molar-refractivity contribution is 9.10. The molecular formula is C11H14BrNS. The fraction of sp³-hybridized carbons (Fsp3) is 0.455. The van der Waals surface area contributed by atoms with Crippen molar-refractivity contribution in [2.24, 2.45) is 0 Å². The molecule has 1 nitrogen and oxygen atoms in total. The Morgan fingerprint density at radius 1 is 1.71 bits per heavy atom. The monoisotopic (exact) mass is 271 g/mol.